The van der Waals surface area contributed by atoms with Gasteiger partial charge >= 0.3 is 11.9 Å². The third kappa shape index (κ3) is 4.02. The standard InChI is InChI=1S/C22H18N2O6/c1-22(2)29-20(26)16(21(27)30-22)12-23-14-7-5-8-15(11-14)24-19(25)18-10-13-6-3-4-9-17(13)28-18/h3-12,23H,1-2H3,(H,24,25). The summed E-state index contributed by atoms with van der Waals surface area (Å²) in [6, 6.07) is 15.7. The van der Waals surface area contributed by atoms with Gasteiger partial charge in [-0.25, -0.2) is 9.59 Å². The quantitative estimate of drug-likeness (QED) is 0.385. The van der Waals surface area contributed by atoms with E-state index in [1.54, 1.807) is 36.4 Å². The second-order valence-corrected chi connectivity index (χ2v) is 7.06. The van der Waals surface area contributed by atoms with Gasteiger partial charge in [0.2, 0.25) is 0 Å². The number of furan rings is 1. The van der Waals surface area contributed by atoms with Crippen LogP contribution in [0.15, 0.2) is 70.8 Å². The highest BCUT2D eigenvalue weighted by Gasteiger charge is 2.38. The largest absolute Gasteiger partial charge is 0.451 e. The van der Waals surface area contributed by atoms with Crippen molar-refractivity contribution in [1.82, 2.24) is 0 Å². The average Bonchev–Trinajstić information content (AvgIpc) is 3.11. The Morgan fingerprint density at radius 1 is 0.933 bits per heavy atom. The number of carbonyl (C=O) groups is 3. The molecule has 2 N–H and O–H groups in total. The zero-order valence-corrected chi connectivity index (χ0v) is 16.2. The zero-order valence-electron chi connectivity index (χ0n) is 16.2. The van der Waals surface area contributed by atoms with Gasteiger partial charge in [-0.1, -0.05) is 24.3 Å². The van der Waals surface area contributed by atoms with Crippen LogP contribution in [0.4, 0.5) is 11.4 Å². The molecule has 2 heterocycles. The van der Waals surface area contributed by atoms with Gasteiger partial charge in [0.15, 0.2) is 11.3 Å². The minimum atomic E-state index is -1.30. The Kier molecular flexibility index (Phi) is 4.75. The number of para-hydroxylation sites is 1. The fraction of sp³-hybridized carbons (Fsp3) is 0.136. The SMILES string of the molecule is CC1(C)OC(=O)C(=CNc2cccc(NC(=O)c3cc4ccccc4o3)c2)C(=O)O1. The van der Waals surface area contributed by atoms with E-state index < -0.39 is 23.6 Å². The van der Waals surface area contributed by atoms with E-state index in [4.69, 9.17) is 13.9 Å². The summed E-state index contributed by atoms with van der Waals surface area (Å²) in [5, 5.41) is 6.42. The van der Waals surface area contributed by atoms with Gasteiger partial charge in [-0.3, -0.25) is 4.79 Å². The van der Waals surface area contributed by atoms with Gasteiger partial charge < -0.3 is 24.5 Å². The summed E-state index contributed by atoms with van der Waals surface area (Å²) in [4.78, 5) is 36.5. The maximum Gasteiger partial charge on any atom is 0.350 e. The molecule has 8 heteroatoms. The predicted octanol–water partition coefficient (Wildman–Crippen LogP) is 3.82. The van der Waals surface area contributed by atoms with Crippen LogP contribution >= 0.6 is 0 Å². The van der Waals surface area contributed by atoms with Crippen molar-refractivity contribution in [3.05, 3.63) is 72.1 Å². The number of cyclic esters (lactones) is 2. The predicted molar refractivity (Wildman–Crippen MR) is 109 cm³/mol. The first-order valence-corrected chi connectivity index (χ1v) is 9.14. The number of esters is 2. The first kappa shape index (κ1) is 19.3. The molecule has 0 unspecified atom stereocenters. The maximum atomic E-state index is 12.5. The molecule has 0 spiro atoms. The summed E-state index contributed by atoms with van der Waals surface area (Å²) in [5.41, 5.74) is 1.40. The summed E-state index contributed by atoms with van der Waals surface area (Å²) >= 11 is 0. The third-order valence-electron chi connectivity index (χ3n) is 4.27. The number of hydrogen-bond acceptors (Lipinski definition) is 7. The summed E-state index contributed by atoms with van der Waals surface area (Å²) in [5.74, 6) is -3.07. The second kappa shape index (κ2) is 7.40. The van der Waals surface area contributed by atoms with Crippen molar-refractivity contribution in [2.45, 2.75) is 19.6 Å². The average molecular weight is 406 g/mol. The Balaban J connectivity index is 1.47. The molecular formula is C22H18N2O6. The molecule has 1 aliphatic heterocycles. The molecule has 152 valence electrons. The van der Waals surface area contributed by atoms with Crippen LogP contribution in [0.1, 0.15) is 24.4 Å². The topological polar surface area (TPSA) is 107 Å². The molecule has 8 nitrogen and oxygen atoms in total. The second-order valence-electron chi connectivity index (χ2n) is 7.06. The summed E-state index contributed by atoms with van der Waals surface area (Å²) < 4.78 is 15.6. The van der Waals surface area contributed by atoms with E-state index in [1.807, 2.05) is 18.2 Å². The van der Waals surface area contributed by atoms with Gasteiger partial charge in [-0.15, -0.1) is 0 Å². The fourth-order valence-electron chi connectivity index (χ4n) is 2.91. The van der Waals surface area contributed by atoms with Gasteiger partial charge in [0.25, 0.3) is 11.7 Å². The molecule has 2 aromatic carbocycles. The summed E-state index contributed by atoms with van der Waals surface area (Å²) in [7, 11) is 0. The Morgan fingerprint density at radius 2 is 1.63 bits per heavy atom. The van der Waals surface area contributed by atoms with Crippen molar-refractivity contribution in [2.24, 2.45) is 0 Å². The number of carbonyl (C=O) groups excluding carboxylic acids is 3. The van der Waals surface area contributed by atoms with Crippen molar-refractivity contribution < 1.29 is 28.3 Å². The van der Waals surface area contributed by atoms with Crippen LogP contribution in [-0.4, -0.2) is 23.6 Å². The van der Waals surface area contributed by atoms with E-state index in [2.05, 4.69) is 10.6 Å². The number of anilines is 2. The normalized spacial score (nSPS) is 15.3. The van der Waals surface area contributed by atoms with Crippen LogP contribution in [0.5, 0.6) is 0 Å². The first-order valence-electron chi connectivity index (χ1n) is 9.14. The van der Waals surface area contributed by atoms with Crippen molar-refractivity contribution in [2.75, 3.05) is 10.6 Å². The lowest BCUT2D eigenvalue weighted by atomic mass is 10.2. The number of fused-ring (bicyclic) bond motifs is 1. The van der Waals surface area contributed by atoms with E-state index in [1.165, 1.54) is 20.0 Å². The van der Waals surface area contributed by atoms with Crippen LogP contribution in [0.2, 0.25) is 0 Å². The minimum Gasteiger partial charge on any atom is -0.451 e. The molecule has 4 rings (SSSR count). The molecule has 3 aromatic rings. The van der Waals surface area contributed by atoms with Gasteiger partial charge in [0.1, 0.15) is 5.58 Å². The number of nitrogens with one attached hydrogen (secondary N) is 2. The molecule has 1 aromatic heterocycles. The number of rotatable bonds is 4. The Bertz CT molecular complexity index is 1140. The number of benzene rings is 2. The molecule has 1 saturated heterocycles. The molecule has 1 aliphatic rings. The van der Waals surface area contributed by atoms with Crippen molar-refractivity contribution in [3.63, 3.8) is 0 Å². The molecule has 0 atom stereocenters. The minimum absolute atomic E-state index is 0.187. The molecule has 30 heavy (non-hydrogen) atoms. The van der Waals surface area contributed by atoms with Gasteiger partial charge in [-0.2, -0.15) is 0 Å². The monoisotopic (exact) mass is 406 g/mol. The molecule has 1 fully saturated rings. The highest BCUT2D eigenvalue weighted by atomic mass is 16.7. The van der Waals surface area contributed by atoms with Gasteiger partial charge in [-0.05, 0) is 30.3 Å². The Hall–Kier alpha value is -4.07. The van der Waals surface area contributed by atoms with Crippen molar-refractivity contribution in [3.8, 4) is 0 Å². The van der Waals surface area contributed by atoms with Crippen LogP contribution in [0, 0.1) is 0 Å². The maximum absolute atomic E-state index is 12.5. The molecule has 0 radical (unpaired) electrons. The van der Waals surface area contributed by atoms with Crippen LogP contribution in [0.25, 0.3) is 11.0 Å². The lowest BCUT2D eigenvalue weighted by Crippen LogP contribution is -2.42. The van der Waals surface area contributed by atoms with Gasteiger partial charge in [0, 0.05) is 36.8 Å². The lowest BCUT2D eigenvalue weighted by molar-refractivity contribution is -0.222. The van der Waals surface area contributed by atoms with Crippen molar-refractivity contribution >= 4 is 40.2 Å². The number of ether oxygens (including phenoxy) is 2. The number of hydrogen-bond donors (Lipinski definition) is 2. The van der Waals surface area contributed by atoms with E-state index in [-0.39, 0.29) is 11.3 Å². The third-order valence-corrected chi connectivity index (χ3v) is 4.27. The molecule has 0 saturated carbocycles. The number of amides is 1. The fourth-order valence-corrected chi connectivity index (χ4v) is 2.91. The van der Waals surface area contributed by atoms with Gasteiger partial charge in [0.05, 0.1) is 0 Å². The van der Waals surface area contributed by atoms with Crippen LogP contribution in [-0.2, 0) is 19.1 Å². The molecule has 1 amide bonds. The summed E-state index contributed by atoms with van der Waals surface area (Å²) in [6.07, 6.45) is 1.21. The molecule has 0 bridgehead atoms. The van der Waals surface area contributed by atoms with E-state index in [9.17, 15) is 14.4 Å². The van der Waals surface area contributed by atoms with Crippen molar-refractivity contribution in [1.29, 1.82) is 0 Å². The highest BCUT2D eigenvalue weighted by Crippen LogP contribution is 2.24. The Morgan fingerprint density at radius 3 is 2.37 bits per heavy atom. The van der Waals surface area contributed by atoms with E-state index in [0.29, 0.717) is 17.0 Å². The highest BCUT2D eigenvalue weighted by molar-refractivity contribution is 6.15. The lowest BCUT2D eigenvalue weighted by Gasteiger charge is -2.29. The Labute approximate surface area is 171 Å². The van der Waals surface area contributed by atoms with E-state index >= 15 is 0 Å². The zero-order chi connectivity index (χ0) is 21.3. The first-order chi connectivity index (χ1) is 14.3. The van der Waals surface area contributed by atoms with Crippen LogP contribution in [0.3, 0.4) is 0 Å². The summed E-state index contributed by atoms with van der Waals surface area (Å²) in [6.45, 7) is 2.95. The van der Waals surface area contributed by atoms with Crippen LogP contribution < -0.4 is 10.6 Å². The molecule has 0 aliphatic carbocycles. The molecular weight excluding hydrogens is 388 g/mol. The smallest absolute Gasteiger partial charge is 0.350 e. The van der Waals surface area contributed by atoms with E-state index in [0.717, 1.165) is 5.39 Å².